The number of ether oxygens (including phenoxy) is 2. The lowest BCUT2D eigenvalue weighted by molar-refractivity contribution is -0.153. The molecule has 0 N–H and O–H groups in total. The lowest BCUT2D eigenvalue weighted by Crippen LogP contribution is -2.41. The van der Waals surface area contributed by atoms with Gasteiger partial charge in [-0.2, -0.15) is 0 Å². The molecule has 0 aromatic carbocycles. The number of aryl methyl sites for hydroxylation is 2. The third kappa shape index (κ3) is 2.03. The minimum Gasteiger partial charge on any atom is -0.468 e. The fraction of sp³-hybridized carbons (Fsp3) is 0.667. The van der Waals surface area contributed by atoms with Crippen molar-refractivity contribution in [3.8, 4) is 0 Å². The van der Waals surface area contributed by atoms with E-state index in [2.05, 4.69) is 5.16 Å². The van der Waals surface area contributed by atoms with E-state index in [0.29, 0.717) is 49.7 Å². The molecule has 2 saturated heterocycles. The Balaban J connectivity index is 1.87. The monoisotopic (exact) mass is 308 g/mol. The Morgan fingerprint density at radius 3 is 2.95 bits per heavy atom. The number of carbonyl (C=O) groups is 2. The van der Waals surface area contributed by atoms with Gasteiger partial charge in [0.1, 0.15) is 16.7 Å². The summed E-state index contributed by atoms with van der Waals surface area (Å²) in [6.45, 7) is 5.24. The van der Waals surface area contributed by atoms with Crippen molar-refractivity contribution >= 4 is 11.9 Å². The number of nitrogens with zero attached hydrogens (tertiary/aromatic N) is 2. The molecule has 22 heavy (non-hydrogen) atoms. The number of fused-ring (bicyclic) bond motifs is 1. The second-order valence-electron chi connectivity index (χ2n) is 5.96. The summed E-state index contributed by atoms with van der Waals surface area (Å²) in [5.41, 5.74) is 0.438. The molecule has 2 fully saturated rings. The third-order valence-electron chi connectivity index (χ3n) is 4.74. The topological polar surface area (TPSA) is 81.9 Å². The van der Waals surface area contributed by atoms with Gasteiger partial charge in [0.2, 0.25) is 0 Å². The van der Waals surface area contributed by atoms with Gasteiger partial charge in [-0.25, -0.2) is 0 Å². The van der Waals surface area contributed by atoms with Crippen LogP contribution in [0.25, 0.3) is 0 Å². The van der Waals surface area contributed by atoms with Gasteiger partial charge in [0.05, 0.1) is 26.0 Å². The van der Waals surface area contributed by atoms with Crippen LogP contribution in [-0.2, 0) is 20.7 Å². The highest BCUT2D eigenvalue weighted by Gasteiger charge is 2.58. The minimum absolute atomic E-state index is 0.0193. The molecule has 0 unspecified atom stereocenters. The van der Waals surface area contributed by atoms with Crippen molar-refractivity contribution < 1.29 is 23.6 Å². The normalized spacial score (nSPS) is 27.0. The maximum atomic E-state index is 12.8. The predicted octanol–water partition coefficient (Wildman–Crippen LogP) is 0.807. The van der Waals surface area contributed by atoms with Crippen molar-refractivity contribution in [1.29, 1.82) is 0 Å². The molecule has 3 rings (SSSR count). The fourth-order valence-electron chi connectivity index (χ4n) is 3.47. The summed E-state index contributed by atoms with van der Waals surface area (Å²) in [6, 6.07) is 0. The maximum Gasteiger partial charge on any atom is 0.316 e. The Labute approximate surface area is 128 Å². The highest BCUT2D eigenvalue weighted by molar-refractivity contribution is 5.97. The van der Waals surface area contributed by atoms with Crippen molar-refractivity contribution in [1.82, 2.24) is 10.1 Å². The highest BCUT2D eigenvalue weighted by Crippen LogP contribution is 2.42. The van der Waals surface area contributed by atoms with Gasteiger partial charge in [0.25, 0.3) is 5.91 Å². The van der Waals surface area contributed by atoms with Crippen molar-refractivity contribution in [2.24, 2.45) is 11.3 Å². The van der Waals surface area contributed by atoms with Crippen LogP contribution in [0.3, 0.4) is 0 Å². The van der Waals surface area contributed by atoms with Gasteiger partial charge in [-0.1, -0.05) is 12.1 Å². The van der Waals surface area contributed by atoms with Gasteiger partial charge >= 0.3 is 5.97 Å². The molecule has 1 aromatic rings. The first kappa shape index (κ1) is 15.0. The van der Waals surface area contributed by atoms with Crippen molar-refractivity contribution in [2.75, 3.05) is 33.4 Å². The number of esters is 1. The van der Waals surface area contributed by atoms with Gasteiger partial charge in [0, 0.05) is 19.0 Å². The van der Waals surface area contributed by atoms with Crippen LogP contribution >= 0.6 is 0 Å². The molecule has 7 nitrogen and oxygen atoms in total. The summed E-state index contributed by atoms with van der Waals surface area (Å²) in [5, 5.41) is 3.93. The number of amides is 1. The molecule has 0 spiro atoms. The van der Waals surface area contributed by atoms with Gasteiger partial charge < -0.3 is 18.9 Å². The van der Waals surface area contributed by atoms with E-state index in [9.17, 15) is 9.59 Å². The lowest BCUT2D eigenvalue weighted by atomic mass is 9.81. The Kier molecular flexibility index (Phi) is 3.68. The summed E-state index contributed by atoms with van der Waals surface area (Å²) < 4.78 is 15.5. The van der Waals surface area contributed by atoms with Crippen LogP contribution in [0.1, 0.15) is 28.7 Å². The van der Waals surface area contributed by atoms with Crippen molar-refractivity contribution in [3.63, 3.8) is 0 Å². The third-order valence-corrected chi connectivity index (χ3v) is 4.74. The van der Waals surface area contributed by atoms with Crippen LogP contribution in [0, 0.1) is 18.3 Å². The highest BCUT2D eigenvalue weighted by atomic mass is 16.5. The summed E-state index contributed by atoms with van der Waals surface area (Å²) in [6.07, 6.45) is 0.626. The van der Waals surface area contributed by atoms with E-state index in [1.54, 1.807) is 11.8 Å². The van der Waals surface area contributed by atoms with E-state index < -0.39 is 5.41 Å². The number of hydrogen-bond donors (Lipinski definition) is 0. The van der Waals surface area contributed by atoms with Crippen LogP contribution < -0.4 is 0 Å². The molecule has 1 amide bonds. The molecule has 7 heteroatoms. The van der Waals surface area contributed by atoms with Crippen LogP contribution in [0.5, 0.6) is 0 Å². The van der Waals surface area contributed by atoms with E-state index in [4.69, 9.17) is 14.0 Å². The zero-order valence-electron chi connectivity index (χ0n) is 13.0. The average molecular weight is 308 g/mol. The smallest absolute Gasteiger partial charge is 0.316 e. The van der Waals surface area contributed by atoms with Crippen LogP contribution in [0.2, 0.25) is 0 Å². The Hall–Kier alpha value is -1.89. The standard InChI is InChI=1S/C15H20N2O5/c1-4-11-12(9(2)22-16-11)13(18)17-5-10-6-21-8-15(10,7-17)14(19)20-3/h10H,4-8H2,1-3H3/t10-,15-/m0/s1. The Bertz CT molecular complexity index is 611. The zero-order valence-corrected chi connectivity index (χ0v) is 13.0. The van der Waals surface area contributed by atoms with Gasteiger partial charge in [-0.05, 0) is 13.3 Å². The Morgan fingerprint density at radius 2 is 2.27 bits per heavy atom. The molecule has 0 aliphatic carbocycles. The van der Waals surface area contributed by atoms with Crippen LogP contribution in [0.15, 0.2) is 4.52 Å². The summed E-state index contributed by atoms with van der Waals surface area (Å²) >= 11 is 0. The van der Waals surface area contributed by atoms with Gasteiger partial charge in [-0.15, -0.1) is 0 Å². The molecule has 0 saturated carbocycles. The first-order valence-corrected chi connectivity index (χ1v) is 7.44. The van der Waals surface area contributed by atoms with E-state index in [-0.39, 0.29) is 17.8 Å². The number of rotatable bonds is 3. The molecular weight excluding hydrogens is 288 g/mol. The van der Waals surface area contributed by atoms with Crippen molar-refractivity contribution in [3.05, 3.63) is 17.0 Å². The summed E-state index contributed by atoms with van der Waals surface area (Å²) in [4.78, 5) is 26.7. The van der Waals surface area contributed by atoms with Gasteiger partial charge in [0.15, 0.2) is 0 Å². The van der Waals surface area contributed by atoms with Gasteiger partial charge in [-0.3, -0.25) is 9.59 Å². The fourth-order valence-corrected chi connectivity index (χ4v) is 3.47. The first-order valence-electron chi connectivity index (χ1n) is 7.44. The SMILES string of the molecule is CCc1noc(C)c1C(=O)N1C[C@H]2COC[C@@]2(C(=O)OC)C1. The van der Waals surface area contributed by atoms with E-state index in [1.165, 1.54) is 7.11 Å². The maximum absolute atomic E-state index is 12.8. The molecule has 120 valence electrons. The second kappa shape index (κ2) is 5.39. The van der Waals surface area contributed by atoms with E-state index in [1.807, 2.05) is 6.92 Å². The number of methoxy groups -OCH3 is 1. The average Bonchev–Trinajstić information content (AvgIpc) is 3.17. The number of hydrogen-bond acceptors (Lipinski definition) is 6. The van der Waals surface area contributed by atoms with Crippen LogP contribution in [-0.4, -0.2) is 55.3 Å². The lowest BCUT2D eigenvalue weighted by Gasteiger charge is -2.23. The summed E-state index contributed by atoms with van der Waals surface area (Å²) in [5.74, 6) is 0.0627. The molecule has 0 radical (unpaired) electrons. The molecule has 2 atom stereocenters. The van der Waals surface area contributed by atoms with E-state index in [0.717, 1.165) is 0 Å². The van der Waals surface area contributed by atoms with Crippen LogP contribution in [0.4, 0.5) is 0 Å². The minimum atomic E-state index is -0.734. The molecule has 2 aliphatic heterocycles. The molecule has 1 aromatic heterocycles. The number of likely N-dealkylation sites (tertiary alicyclic amines) is 1. The number of carbonyl (C=O) groups excluding carboxylic acids is 2. The zero-order chi connectivity index (χ0) is 15.9. The quantitative estimate of drug-likeness (QED) is 0.769. The Morgan fingerprint density at radius 1 is 1.50 bits per heavy atom. The second-order valence-corrected chi connectivity index (χ2v) is 5.96. The largest absolute Gasteiger partial charge is 0.468 e. The van der Waals surface area contributed by atoms with Crippen molar-refractivity contribution in [2.45, 2.75) is 20.3 Å². The molecule has 2 aliphatic rings. The first-order chi connectivity index (χ1) is 10.5. The summed E-state index contributed by atoms with van der Waals surface area (Å²) in [7, 11) is 1.37. The van der Waals surface area contributed by atoms with E-state index >= 15 is 0 Å². The number of aromatic nitrogens is 1. The predicted molar refractivity (Wildman–Crippen MR) is 75.3 cm³/mol. The molecular formula is C15H20N2O5. The molecule has 3 heterocycles. The molecule has 0 bridgehead atoms.